The van der Waals surface area contributed by atoms with E-state index in [2.05, 4.69) is 17.8 Å². The molecule has 1 nitrogen and oxygen atoms in total. The molecule has 3 aromatic rings. The molecule has 0 saturated heterocycles. The Balaban J connectivity index is 1.79. The summed E-state index contributed by atoms with van der Waals surface area (Å²) in [7, 11) is 0. The van der Waals surface area contributed by atoms with Gasteiger partial charge in [0.1, 0.15) is 11.3 Å². The van der Waals surface area contributed by atoms with Gasteiger partial charge in [0, 0.05) is 16.7 Å². The largest absolute Gasteiger partial charge is 0.494 e. The second kappa shape index (κ2) is 9.15. The summed E-state index contributed by atoms with van der Waals surface area (Å²) in [6.45, 7) is 2.47. The minimum absolute atomic E-state index is 0.325. The number of ether oxygens (including phenoxy) is 1. The smallest absolute Gasteiger partial charge is 0.200 e. The third kappa shape index (κ3) is 4.61. The molecule has 150 valence electrons. The maximum absolute atomic E-state index is 13.6. The molecule has 0 atom stereocenters. The standard InChI is InChI=1S/C24H13F5O/c1-2-30-18-12-9-17(10-13-18)8-5-15-3-6-16(7-4-15)11-14-19-20(25)22(27)24(29)23(28)21(19)26/h3-4,6-7,9-10,12-13H,2H2,1H3. The molecule has 0 heterocycles. The second-order valence-corrected chi connectivity index (χ2v) is 5.98. The van der Waals surface area contributed by atoms with E-state index in [1.807, 2.05) is 37.1 Å². The Morgan fingerprint density at radius 1 is 0.567 bits per heavy atom. The van der Waals surface area contributed by atoms with Crippen LogP contribution in [0.5, 0.6) is 5.75 Å². The molecule has 0 bridgehead atoms. The third-order valence-electron chi connectivity index (χ3n) is 3.94. The van der Waals surface area contributed by atoms with E-state index in [9.17, 15) is 22.0 Å². The van der Waals surface area contributed by atoms with Crippen molar-refractivity contribution in [1.29, 1.82) is 0 Å². The third-order valence-corrected chi connectivity index (χ3v) is 3.94. The predicted molar refractivity (Wildman–Crippen MR) is 102 cm³/mol. The molecule has 0 aliphatic heterocycles. The molecule has 0 aliphatic rings. The first-order valence-corrected chi connectivity index (χ1v) is 8.79. The Hall–Kier alpha value is -3.77. The molecule has 0 aromatic heterocycles. The number of hydrogen-bond donors (Lipinski definition) is 0. The van der Waals surface area contributed by atoms with Crippen LogP contribution >= 0.6 is 0 Å². The summed E-state index contributed by atoms with van der Waals surface area (Å²) in [5.41, 5.74) is 0.593. The highest BCUT2D eigenvalue weighted by Gasteiger charge is 2.24. The van der Waals surface area contributed by atoms with E-state index in [4.69, 9.17) is 4.74 Å². The van der Waals surface area contributed by atoms with Crippen LogP contribution in [0.2, 0.25) is 0 Å². The summed E-state index contributed by atoms with van der Waals surface area (Å²) in [6, 6.07) is 13.6. The molecule has 0 radical (unpaired) electrons. The molecule has 0 saturated carbocycles. The lowest BCUT2D eigenvalue weighted by atomic mass is 10.1. The molecule has 0 N–H and O–H groups in total. The first-order chi connectivity index (χ1) is 14.4. The van der Waals surface area contributed by atoms with Gasteiger partial charge in [0.05, 0.1) is 6.61 Å². The fourth-order valence-electron chi connectivity index (χ4n) is 2.43. The van der Waals surface area contributed by atoms with Gasteiger partial charge in [-0.05, 0) is 55.5 Å². The van der Waals surface area contributed by atoms with Crippen LogP contribution in [0.4, 0.5) is 22.0 Å². The summed E-state index contributed by atoms with van der Waals surface area (Å²) in [5, 5.41) is 0. The fraction of sp³-hybridized carbons (Fsp3) is 0.0833. The molecular weight excluding hydrogens is 399 g/mol. The lowest BCUT2D eigenvalue weighted by Crippen LogP contribution is -2.04. The normalized spacial score (nSPS) is 9.93. The average molecular weight is 412 g/mol. The van der Waals surface area contributed by atoms with Crippen LogP contribution in [-0.2, 0) is 0 Å². The molecule has 0 unspecified atom stereocenters. The number of benzene rings is 3. The quantitative estimate of drug-likeness (QED) is 0.231. The highest BCUT2D eigenvalue weighted by molar-refractivity contribution is 5.49. The van der Waals surface area contributed by atoms with Crippen LogP contribution in [0.1, 0.15) is 29.2 Å². The van der Waals surface area contributed by atoms with E-state index >= 15 is 0 Å². The van der Waals surface area contributed by atoms with Crippen LogP contribution in [0.25, 0.3) is 0 Å². The van der Waals surface area contributed by atoms with E-state index in [0.717, 1.165) is 11.3 Å². The van der Waals surface area contributed by atoms with Gasteiger partial charge in [-0.2, -0.15) is 0 Å². The van der Waals surface area contributed by atoms with E-state index in [1.165, 1.54) is 12.1 Å². The van der Waals surface area contributed by atoms with E-state index in [-0.39, 0.29) is 0 Å². The molecular formula is C24H13F5O. The van der Waals surface area contributed by atoms with Crippen molar-refractivity contribution in [1.82, 2.24) is 0 Å². The highest BCUT2D eigenvalue weighted by atomic mass is 19.2. The van der Waals surface area contributed by atoms with Crippen molar-refractivity contribution in [3.63, 3.8) is 0 Å². The molecule has 3 aromatic carbocycles. The van der Waals surface area contributed by atoms with E-state index in [1.54, 1.807) is 12.1 Å². The van der Waals surface area contributed by atoms with Crippen molar-refractivity contribution in [2.75, 3.05) is 6.61 Å². The highest BCUT2D eigenvalue weighted by Crippen LogP contribution is 2.22. The van der Waals surface area contributed by atoms with Crippen molar-refractivity contribution in [3.8, 4) is 29.4 Å². The van der Waals surface area contributed by atoms with E-state index in [0.29, 0.717) is 17.7 Å². The second-order valence-electron chi connectivity index (χ2n) is 5.98. The maximum Gasteiger partial charge on any atom is 0.200 e. The van der Waals surface area contributed by atoms with Gasteiger partial charge in [-0.3, -0.25) is 0 Å². The van der Waals surface area contributed by atoms with Crippen molar-refractivity contribution < 1.29 is 26.7 Å². The first kappa shape index (κ1) is 21.0. The van der Waals surface area contributed by atoms with Crippen molar-refractivity contribution in [2.24, 2.45) is 0 Å². The predicted octanol–water partition coefficient (Wildman–Crippen LogP) is 5.58. The number of halogens is 5. The van der Waals surface area contributed by atoms with Gasteiger partial charge in [0.15, 0.2) is 23.3 Å². The summed E-state index contributed by atoms with van der Waals surface area (Å²) in [6.07, 6.45) is 0. The lowest BCUT2D eigenvalue weighted by Gasteiger charge is -2.02. The monoisotopic (exact) mass is 412 g/mol. The van der Waals surface area contributed by atoms with Gasteiger partial charge >= 0.3 is 0 Å². The van der Waals surface area contributed by atoms with Gasteiger partial charge in [0.25, 0.3) is 0 Å². The van der Waals surface area contributed by atoms with Crippen LogP contribution in [-0.4, -0.2) is 6.61 Å². The average Bonchev–Trinajstić information content (AvgIpc) is 2.77. The van der Waals surface area contributed by atoms with Crippen LogP contribution in [0, 0.1) is 52.8 Å². The summed E-state index contributed by atoms with van der Waals surface area (Å²) in [5.74, 6) is 0.878. The Morgan fingerprint density at radius 3 is 1.37 bits per heavy atom. The maximum atomic E-state index is 13.6. The molecule has 0 fully saturated rings. The summed E-state index contributed by atoms with van der Waals surface area (Å²) in [4.78, 5) is 0. The zero-order valence-electron chi connectivity index (χ0n) is 15.6. The van der Waals surface area contributed by atoms with Crippen LogP contribution in [0.3, 0.4) is 0 Å². The number of rotatable bonds is 2. The number of hydrogen-bond acceptors (Lipinski definition) is 1. The van der Waals surface area contributed by atoms with Gasteiger partial charge in [0.2, 0.25) is 5.82 Å². The molecule has 30 heavy (non-hydrogen) atoms. The molecule has 6 heteroatoms. The lowest BCUT2D eigenvalue weighted by molar-refractivity contribution is 0.340. The Labute approximate surface area is 170 Å². The molecule has 3 rings (SSSR count). The zero-order chi connectivity index (χ0) is 21.7. The Bertz CT molecular complexity index is 1160. The fourth-order valence-corrected chi connectivity index (χ4v) is 2.43. The van der Waals surface area contributed by atoms with Gasteiger partial charge in [-0.15, -0.1) is 0 Å². The van der Waals surface area contributed by atoms with Crippen molar-refractivity contribution in [3.05, 3.63) is 99.9 Å². The van der Waals surface area contributed by atoms with E-state index < -0.39 is 34.6 Å². The first-order valence-electron chi connectivity index (χ1n) is 8.79. The van der Waals surface area contributed by atoms with Gasteiger partial charge < -0.3 is 4.74 Å². The van der Waals surface area contributed by atoms with Crippen LogP contribution in [0.15, 0.2) is 48.5 Å². The summed E-state index contributed by atoms with van der Waals surface area (Å²) < 4.78 is 72.1. The minimum atomic E-state index is -2.22. The molecule has 0 amide bonds. The Morgan fingerprint density at radius 2 is 0.933 bits per heavy atom. The van der Waals surface area contributed by atoms with Gasteiger partial charge in [-0.1, -0.05) is 23.7 Å². The van der Waals surface area contributed by atoms with Crippen molar-refractivity contribution in [2.45, 2.75) is 6.92 Å². The topological polar surface area (TPSA) is 9.23 Å². The zero-order valence-corrected chi connectivity index (χ0v) is 15.6. The van der Waals surface area contributed by atoms with Crippen molar-refractivity contribution >= 4 is 0 Å². The summed E-state index contributed by atoms with van der Waals surface area (Å²) >= 11 is 0. The van der Waals surface area contributed by atoms with Crippen LogP contribution < -0.4 is 4.74 Å². The molecule has 0 spiro atoms. The SMILES string of the molecule is CCOc1ccc(C#Cc2ccc(C#Cc3c(F)c(F)c(F)c(F)c3F)cc2)cc1. The minimum Gasteiger partial charge on any atom is -0.494 e. The van der Waals surface area contributed by atoms with Gasteiger partial charge in [-0.25, -0.2) is 22.0 Å². The molecule has 0 aliphatic carbocycles. The Kier molecular flexibility index (Phi) is 6.39.